The van der Waals surface area contributed by atoms with Crippen molar-refractivity contribution in [3.8, 4) is 11.5 Å². The van der Waals surface area contributed by atoms with Crippen molar-refractivity contribution in [2.45, 2.75) is 25.8 Å². The second kappa shape index (κ2) is 4.34. The van der Waals surface area contributed by atoms with E-state index in [1.54, 1.807) is 0 Å². The smallest absolute Gasteiger partial charge is 0.231 e. The molecule has 3 nitrogen and oxygen atoms in total. The largest absolute Gasteiger partial charge is 0.454 e. The first-order valence-electron chi connectivity index (χ1n) is 6.01. The lowest BCUT2D eigenvalue weighted by atomic mass is 10.2. The van der Waals surface area contributed by atoms with Gasteiger partial charge in [0, 0.05) is 6.54 Å². The number of rotatable bonds is 5. The molecular formula is C13H17NO2. The molecule has 1 saturated carbocycles. The third-order valence-corrected chi connectivity index (χ3v) is 3.19. The van der Waals surface area contributed by atoms with Gasteiger partial charge in [0.05, 0.1) is 0 Å². The molecule has 3 rings (SSSR count). The van der Waals surface area contributed by atoms with Crippen LogP contribution in [0, 0.1) is 5.92 Å². The molecule has 3 heteroatoms. The summed E-state index contributed by atoms with van der Waals surface area (Å²) in [6.45, 7) is 2.40. The minimum absolute atomic E-state index is 0.355. The third-order valence-electron chi connectivity index (χ3n) is 3.19. The zero-order valence-electron chi connectivity index (χ0n) is 9.37. The van der Waals surface area contributed by atoms with Gasteiger partial charge >= 0.3 is 0 Å². The lowest BCUT2D eigenvalue weighted by molar-refractivity contribution is 0.174. The molecule has 0 saturated heterocycles. The highest BCUT2D eigenvalue weighted by atomic mass is 16.7. The van der Waals surface area contributed by atoms with Crippen molar-refractivity contribution in [2.75, 3.05) is 13.3 Å². The molecule has 86 valence electrons. The number of hydrogen-bond donors (Lipinski definition) is 1. The summed E-state index contributed by atoms with van der Waals surface area (Å²) in [6.07, 6.45) is 4.20. The van der Waals surface area contributed by atoms with Gasteiger partial charge in [0.15, 0.2) is 11.5 Å². The first-order valence-corrected chi connectivity index (χ1v) is 6.01. The second-order valence-electron chi connectivity index (χ2n) is 4.60. The van der Waals surface area contributed by atoms with Crippen LogP contribution in [0.4, 0.5) is 0 Å². The Morgan fingerprint density at radius 3 is 2.94 bits per heavy atom. The van der Waals surface area contributed by atoms with Crippen LogP contribution in [0.5, 0.6) is 11.5 Å². The number of benzene rings is 1. The highest BCUT2D eigenvalue weighted by Crippen LogP contribution is 2.33. The highest BCUT2D eigenvalue weighted by Gasteiger charge is 2.20. The Morgan fingerprint density at radius 1 is 1.19 bits per heavy atom. The summed E-state index contributed by atoms with van der Waals surface area (Å²) in [5.41, 5.74) is 1.26. The molecule has 0 amide bonds. The van der Waals surface area contributed by atoms with E-state index >= 15 is 0 Å². The lowest BCUT2D eigenvalue weighted by Gasteiger charge is -2.05. The van der Waals surface area contributed by atoms with Gasteiger partial charge in [-0.3, -0.25) is 0 Å². The van der Waals surface area contributed by atoms with E-state index in [-0.39, 0.29) is 0 Å². The van der Waals surface area contributed by atoms with Gasteiger partial charge in [-0.2, -0.15) is 0 Å². The lowest BCUT2D eigenvalue weighted by Crippen LogP contribution is -2.15. The predicted molar refractivity (Wildman–Crippen MR) is 61.6 cm³/mol. The first kappa shape index (κ1) is 9.97. The summed E-state index contributed by atoms with van der Waals surface area (Å²) in [5, 5.41) is 3.47. The maximum absolute atomic E-state index is 5.34. The number of nitrogens with one attached hydrogen (secondary N) is 1. The minimum Gasteiger partial charge on any atom is -0.454 e. The van der Waals surface area contributed by atoms with Gasteiger partial charge in [0.1, 0.15) is 0 Å². The van der Waals surface area contributed by atoms with E-state index < -0.39 is 0 Å². The second-order valence-corrected chi connectivity index (χ2v) is 4.60. The maximum Gasteiger partial charge on any atom is 0.231 e. The Labute approximate surface area is 95.8 Å². The van der Waals surface area contributed by atoms with Crippen molar-refractivity contribution in [3.63, 3.8) is 0 Å². The number of ether oxygens (including phenoxy) is 2. The van der Waals surface area contributed by atoms with Crippen LogP contribution in [0.2, 0.25) is 0 Å². The molecule has 16 heavy (non-hydrogen) atoms. The summed E-state index contributed by atoms with van der Waals surface area (Å²) in [4.78, 5) is 0. The van der Waals surface area contributed by atoms with E-state index in [2.05, 4.69) is 17.4 Å². The highest BCUT2D eigenvalue weighted by molar-refractivity contribution is 5.44. The molecule has 1 heterocycles. The molecule has 0 atom stereocenters. The van der Waals surface area contributed by atoms with Gasteiger partial charge < -0.3 is 14.8 Å². The van der Waals surface area contributed by atoms with Crippen molar-refractivity contribution < 1.29 is 9.47 Å². The standard InChI is InChI=1S/C13H17NO2/c1-2-10(1)5-6-14-8-11-3-4-12-13(7-11)16-9-15-12/h3-4,7,10,14H,1-2,5-6,8-9H2. The Kier molecular flexibility index (Phi) is 2.70. The molecule has 1 aliphatic heterocycles. The molecule has 0 unspecified atom stereocenters. The fourth-order valence-electron chi connectivity index (χ4n) is 2.00. The average molecular weight is 219 g/mol. The van der Waals surface area contributed by atoms with Crippen molar-refractivity contribution in [2.24, 2.45) is 5.92 Å². The summed E-state index contributed by atoms with van der Waals surface area (Å²) < 4.78 is 10.6. The molecule has 0 spiro atoms. The Bertz CT molecular complexity index is 374. The van der Waals surface area contributed by atoms with E-state index in [0.29, 0.717) is 6.79 Å². The third kappa shape index (κ3) is 2.30. The fourth-order valence-corrected chi connectivity index (χ4v) is 2.00. The Hall–Kier alpha value is -1.22. The monoisotopic (exact) mass is 219 g/mol. The van der Waals surface area contributed by atoms with Crippen LogP contribution in [0.25, 0.3) is 0 Å². The predicted octanol–water partition coefficient (Wildman–Crippen LogP) is 2.30. The van der Waals surface area contributed by atoms with Crippen LogP contribution in [0.15, 0.2) is 18.2 Å². The SMILES string of the molecule is c1cc2c(cc1CNCCC1CC1)OCO2. The molecule has 2 aliphatic rings. The molecule has 1 aromatic rings. The molecule has 0 aromatic heterocycles. The quantitative estimate of drug-likeness (QED) is 0.771. The van der Waals surface area contributed by atoms with Gasteiger partial charge in [-0.15, -0.1) is 0 Å². The molecule has 1 fully saturated rings. The zero-order valence-corrected chi connectivity index (χ0v) is 9.37. The van der Waals surface area contributed by atoms with E-state index in [0.717, 1.165) is 30.5 Å². The number of hydrogen-bond acceptors (Lipinski definition) is 3. The van der Waals surface area contributed by atoms with Crippen LogP contribution < -0.4 is 14.8 Å². The van der Waals surface area contributed by atoms with Gasteiger partial charge in [0.2, 0.25) is 6.79 Å². The van der Waals surface area contributed by atoms with Crippen LogP contribution in [-0.4, -0.2) is 13.3 Å². The maximum atomic E-state index is 5.34. The summed E-state index contributed by atoms with van der Waals surface area (Å²) in [6, 6.07) is 6.14. The minimum atomic E-state index is 0.355. The van der Waals surface area contributed by atoms with E-state index in [1.165, 1.54) is 24.8 Å². The van der Waals surface area contributed by atoms with Crippen LogP contribution >= 0.6 is 0 Å². The van der Waals surface area contributed by atoms with Crippen molar-refractivity contribution in [1.29, 1.82) is 0 Å². The van der Waals surface area contributed by atoms with Gasteiger partial charge in [-0.1, -0.05) is 18.9 Å². The summed E-state index contributed by atoms with van der Waals surface area (Å²) in [7, 11) is 0. The molecule has 0 radical (unpaired) electrons. The van der Waals surface area contributed by atoms with E-state index in [1.807, 2.05) is 6.07 Å². The summed E-state index contributed by atoms with van der Waals surface area (Å²) >= 11 is 0. The van der Waals surface area contributed by atoms with Crippen molar-refractivity contribution in [3.05, 3.63) is 23.8 Å². The molecule has 0 bridgehead atoms. The Balaban J connectivity index is 1.49. The van der Waals surface area contributed by atoms with Gasteiger partial charge in [0.25, 0.3) is 0 Å². The van der Waals surface area contributed by atoms with Crippen molar-refractivity contribution in [1.82, 2.24) is 5.32 Å². The molecule has 1 aromatic carbocycles. The van der Waals surface area contributed by atoms with Crippen molar-refractivity contribution >= 4 is 0 Å². The topological polar surface area (TPSA) is 30.5 Å². The molecule has 1 N–H and O–H groups in total. The van der Waals surface area contributed by atoms with Gasteiger partial charge in [-0.05, 0) is 36.6 Å². The van der Waals surface area contributed by atoms with Crippen LogP contribution in [0.3, 0.4) is 0 Å². The van der Waals surface area contributed by atoms with Crippen LogP contribution in [-0.2, 0) is 6.54 Å². The zero-order chi connectivity index (χ0) is 10.8. The first-order chi connectivity index (χ1) is 7.92. The Morgan fingerprint density at radius 2 is 2.06 bits per heavy atom. The number of fused-ring (bicyclic) bond motifs is 1. The fraction of sp³-hybridized carbons (Fsp3) is 0.538. The van der Waals surface area contributed by atoms with Crippen LogP contribution in [0.1, 0.15) is 24.8 Å². The van der Waals surface area contributed by atoms with E-state index in [9.17, 15) is 0 Å². The van der Waals surface area contributed by atoms with E-state index in [4.69, 9.17) is 9.47 Å². The molecular weight excluding hydrogens is 202 g/mol. The summed E-state index contributed by atoms with van der Waals surface area (Å²) in [5.74, 6) is 2.74. The molecule has 1 aliphatic carbocycles. The average Bonchev–Trinajstić information content (AvgIpc) is 3.01. The normalized spacial score (nSPS) is 17.8. The van der Waals surface area contributed by atoms with Gasteiger partial charge in [-0.25, -0.2) is 0 Å².